The summed E-state index contributed by atoms with van der Waals surface area (Å²) in [5.74, 6) is -0.462. The number of primary amides is 1. The first kappa shape index (κ1) is 12.7. The molecule has 0 bridgehead atoms. The van der Waals surface area contributed by atoms with Gasteiger partial charge in [-0.15, -0.1) is 0 Å². The Bertz CT molecular complexity index is 462. The summed E-state index contributed by atoms with van der Waals surface area (Å²) in [7, 11) is 1.92. The highest BCUT2D eigenvalue weighted by Gasteiger charge is 2.30. The van der Waals surface area contributed by atoms with E-state index < -0.39 is 5.91 Å². The number of hydrogen-bond donors (Lipinski definition) is 2. The maximum Gasteiger partial charge on any atom is 0.250 e. The monoisotopic (exact) mass is 249 g/mol. The van der Waals surface area contributed by atoms with Crippen LogP contribution in [0.4, 0.5) is 11.4 Å². The van der Waals surface area contributed by atoms with Crippen LogP contribution < -0.4 is 16.4 Å². The number of benzene rings is 1. The molecule has 2 unspecified atom stereocenters. The summed E-state index contributed by atoms with van der Waals surface area (Å²) in [6.07, 6.45) is 1.04. The molecule has 98 valence electrons. The van der Waals surface area contributed by atoms with Crippen molar-refractivity contribution >= 4 is 17.3 Å². The minimum atomic E-state index is -0.462. The molecule has 0 radical (unpaired) electrons. The molecule has 5 heteroatoms. The third-order valence-corrected chi connectivity index (χ3v) is 3.52. The van der Waals surface area contributed by atoms with Crippen molar-refractivity contribution in [1.29, 1.82) is 0 Å². The molecule has 1 aliphatic rings. The number of hydrogen-bond acceptors (Lipinski definition) is 4. The van der Waals surface area contributed by atoms with Crippen LogP contribution in [0.25, 0.3) is 0 Å². The Morgan fingerprint density at radius 2 is 2.22 bits per heavy atom. The number of nitrogen functional groups attached to an aromatic ring is 1. The second-order valence-corrected chi connectivity index (χ2v) is 4.65. The molecule has 0 aliphatic carbocycles. The van der Waals surface area contributed by atoms with E-state index in [2.05, 4.69) is 0 Å². The summed E-state index contributed by atoms with van der Waals surface area (Å²) >= 11 is 0. The van der Waals surface area contributed by atoms with Crippen molar-refractivity contribution in [3.63, 3.8) is 0 Å². The zero-order chi connectivity index (χ0) is 13.3. The first-order valence-corrected chi connectivity index (χ1v) is 6.05. The minimum absolute atomic E-state index is 0.121. The maximum absolute atomic E-state index is 11.5. The summed E-state index contributed by atoms with van der Waals surface area (Å²) in [5, 5.41) is 0. The smallest absolute Gasteiger partial charge is 0.250 e. The van der Waals surface area contributed by atoms with E-state index in [1.54, 1.807) is 18.2 Å². The molecule has 4 N–H and O–H groups in total. The lowest BCUT2D eigenvalue weighted by Crippen LogP contribution is -2.38. The van der Waals surface area contributed by atoms with Crippen LogP contribution in [0.5, 0.6) is 0 Å². The second kappa shape index (κ2) is 4.86. The number of carbonyl (C=O) groups is 1. The lowest BCUT2D eigenvalue weighted by atomic mass is 10.1. The largest absolute Gasteiger partial charge is 0.397 e. The van der Waals surface area contributed by atoms with Gasteiger partial charge < -0.3 is 21.1 Å². The number of para-hydroxylation sites is 1. The Morgan fingerprint density at radius 3 is 2.78 bits per heavy atom. The van der Waals surface area contributed by atoms with Crippen LogP contribution in [0.1, 0.15) is 23.7 Å². The second-order valence-electron chi connectivity index (χ2n) is 4.65. The third kappa shape index (κ3) is 2.13. The zero-order valence-electron chi connectivity index (χ0n) is 10.7. The van der Waals surface area contributed by atoms with E-state index >= 15 is 0 Å². The zero-order valence-corrected chi connectivity index (χ0v) is 10.7. The fourth-order valence-corrected chi connectivity index (χ4v) is 2.55. The van der Waals surface area contributed by atoms with E-state index in [-0.39, 0.29) is 12.1 Å². The highest BCUT2D eigenvalue weighted by atomic mass is 16.5. The quantitative estimate of drug-likeness (QED) is 0.782. The van der Waals surface area contributed by atoms with Gasteiger partial charge in [0.1, 0.15) is 0 Å². The van der Waals surface area contributed by atoms with E-state index in [1.807, 2.05) is 18.9 Å². The molecule has 1 heterocycles. The van der Waals surface area contributed by atoms with Crippen LogP contribution in [-0.4, -0.2) is 31.7 Å². The average Bonchev–Trinajstić information content (AvgIpc) is 2.74. The van der Waals surface area contributed by atoms with Gasteiger partial charge in [-0.3, -0.25) is 4.79 Å². The number of likely N-dealkylation sites (N-methyl/N-ethyl adjacent to an activating group) is 1. The van der Waals surface area contributed by atoms with Gasteiger partial charge in [-0.2, -0.15) is 0 Å². The summed E-state index contributed by atoms with van der Waals surface area (Å²) in [4.78, 5) is 13.5. The number of rotatable bonds is 3. The normalized spacial score (nSPS) is 23.0. The Morgan fingerprint density at radius 1 is 1.50 bits per heavy atom. The molecular weight excluding hydrogens is 230 g/mol. The Balaban J connectivity index is 2.40. The number of amides is 1. The van der Waals surface area contributed by atoms with Crippen LogP contribution in [0.3, 0.4) is 0 Å². The Hall–Kier alpha value is -1.75. The molecule has 1 aromatic carbocycles. The van der Waals surface area contributed by atoms with Gasteiger partial charge in [0.05, 0.1) is 29.1 Å². The summed E-state index contributed by atoms with van der Waals surface area (Å²) in [5.41, 5.74) is 13.1. The predicted octanol–water partition coefficient (Wildman–Crippen LogP) is 0.981. The predicted molar refractivity (Wildman–Crippen MR) is 71.6 cm³/mol. The highest BCUT2D eigenvalue weighted by Crippen LogP contribution is 2.31. The molecule has 0 aromatic heterocycles. The van der Waals surface area contributed by atoms with Gasteiger partial charge in [0.25, 0.3) is 5.91 Å². The van der Waals surface area contributed by atoms with Crippen molar-refractivity contribution in [2.24, 2.45) is 5.73 Å². The first-order chi connectivity index (χ1) is 8.52. The Kier molecular flexibility index (Phi) is 3.43. The number of nitrogens with two attached hydrogens (primary N) is 2. The van der Waals surface area contributed by atoms with Crippen LogP contribution in [0, 0.1) is 0 Å². The van der Waals surface area contributed by atoms with Gasteiger partial charge in [0.15, 0.2) is 0 Å². The standard InChI is InChI=1S/C13H19N3O2/c1-8-11(6-7-18-8)16(2)12-9(13(15)17)4-3-5-10(12)14/h3-5,8,11H,6-7,14H2,1-2H3,(H2,15,17). The molecule has 1 aromatic rings. The molecule has 5 nitrogen and oxygen atoms in total. The van der Waals surface area contributed by atoms with Crippen LogP contribution in [0.15, 0.2) is 18.2 Å². The number of carbonyl (C=O) groups excluding carboxylic acids is 1. The lowest BCUT2D eigenvalue weighted by molar-refractivity contribution is 0.0999. The van der Waals surface area contributed by atoms with Gasteiger partial charge in [0.2, 0.25) is 0 Å². The molecule has 0 saturated carbocycles. The molecule has 2 atom stereocenters. The van der Waals surface area contributed by atoms with Gasteiger partial charge in [-0.25, -0.2) is 0 Å². The van der Waals surface area contributed by atoms with E-state index in [9.17, 15) is 4.79 Å². The van der Waals surface area contributed by atoms with Gasteiger partial charge in [0, 0.05) is 13.7 Å². The van der Waals surface area contributed by atoms with E-state index in [0.717, 1.165) is 13.0 Å². The van der Waals surface area contributed by atoms with Gasteiger partial charge in [-0.1, -0.05) is 6.07 Å². The molecule has 1 aliphatic heterocycles. The van der Waals surface area contributed by atoms with E-state index in [0.29, 0.717) is 16.9 Å². The Labute approximate surface area is 107 Å². The maximum atomic E-state index is 11.5. The highest BCUT2D eigenvalue weighted by molar-refractivity contribution is 6.01. The van der Waals surface area contributed by atoms with Gasteiger partial charge >= 0.3 is 0 Å². The lowest BCUT2D eigenvalue weighted by Gasteiger charge is -2.31. The van der Waals surface area contributed by atoms with Crippen LogP contribution >= 0.6 is 0 Å². The van der Waals surface area contributed by atoms with Crippen LogP contribution in [-0.2, 0) is 4.74 Å². The van der Waals surface area contributed by atoms with Crippen molar-refractivity contribution in [3.8, 4) is 0 Å². The van der Waals surface area contributed by atoms with Crippen molar-refractivity contribution < 1.29 is 9.53 Å². The SMILES string of the molecule is CC1OCCC1N(C)c1c(N)cccc1C(N)=O. The molecule has 2 rings (SSSR count). The van der Waals surface area contributed by atoms with Crippen molar-refractivity contribution in [3.05, 3.63) is 23.8 Å². The molecule has 18 heavy (non-hydrogen) atoms. The molecule has 1 fully saturated rings. The van der Waals surface area contributed by atoms with Crippen molar-refractivity contribution in [2.75, 3.05) is 24.3 Å². The third-order valence-electron chi connectivity index (χ3n) is 3.52. The number of ether oxygens (including phenoxy) is 1. The minimum Gasteiger partial charge on any atom is -0.397 e. The number of nitrogens with zero attached hydrogens (tertiary/aromatic N) is 1. The van der Waals surface area contributed by atoms with Gasteiger partial charge in [-0.05, 0) is 25.5 Å². The van der Waals surface area contributed by atoms with Crippen molar-refractivity contribution in [1.82, 2.24) is 0 Å². The summed E-state index contributed by atoms with van der Waals surface area (Å²) < 4.78 is 5.55. The first-order valence-electron chi connectivity index (χ1n) is 6.05. The summed E-state index contributed by atoms with van der Waals surface area (Å²) in [6.45, 7) is 2.76. The molecule has 1 amide bonds. The van der Waals surface area contributed by atoms with Crippen molar-refractivity contribution in [2.45, 2.75) is 25.5 Å². The molecule has 1 saturated heterocycles. The topological polar surface area (TPSA) is 81.6 Å². The fraction of sp³-hybridized carbons (Fsp3) is 0.462. The van der Waals surface area contributed by atoms with E-state index in [4.69, 9.17) is 16.2 Å². The fourth-order valence-electron chi connectivity index (χ4n) is 2.55. The average molecular weight is 249 g/mol. The summed E-state index contributed by atoms with van der Waals surface area (Å²) in [6, 6.07) is 5.43. The van der Waals surface area contributed by atoms with Crippen LogP contribution in [0.2, 0.25) is 0 Å². The molecule has 0 spiro atoms. The number of anilines is 2. The molecular formula is C13H19N3O2. The van der Waals surface area contributed by atoms with E-state index in [1.165, 1.54) is 0 Å².